The van der Waals surface area contributed by atoms with E-state index in [1.807, 2.05) is 0 Å². The number of rotatable bonds is 8. The fourth-order valence-corrected chi connectivity index (χ4v) is 3.73. The van der Waals surface area contributed by atoms with Gasteiger partial charge in [0.2, 0.25) is 0 Å². The van der Waals surface area contributed by atoms with Crippen molar-refractivity contribution in [3.63, 3.8) is 0 Å². The third kappa shape index (κ3) is 5.51. The highest BCUT2D eigenvalue weighted by Gasteiger charge is 2.21. The van der Waals surface area contributed by atoms with E-state index < -0.39 is 27.9 Å². The van der Waals surface area contributed by atoms with E-state index in [1.54, 1.807) is 6.92 Å². The van der Waals surface area contributed by atoms with Gasteiger partial charge in [-0.3, -0.25) is 9.52 Å². The number of carbonyl (C=O) groups excluding carboxylic acids is 3. The molecule has 0 unspecified atom stereocenters. The maximum atomic E-state index is 12.9. The van der Waals surface area contributed by atoms with Crippen LogP contribution < -0.4 is 14.8 Å². The van der Waals surface area contributed by atoms with Crippen molar-refractivity contribution in [3.8, 4) is 5.75 Å². The molecule has 10 nitrogen and oxygen atoms in total. The minimum absolute atomic E-state index is 0.0331. The molecule has 0 radical (unpaired) electrons. The van der Waals surface area contributed by atoms with Crippen LogP contribution in [0.3, 0.4) is 0 Å². The molecule has 0 heterocycles. The molecule has 31 heavy (non-hydrogen) atoms. The van der Waals surface area contributed by atoms with Crippen molar-refractivity contribution in [2.45, 2.75) is 11.8 Å². The van der Waals surface area contributed by atoms with Gasteiger partial charge in [-0.25, -0.2) is 18.0 Å². The first-order valence-corrected chi connectivity index (χ1v) is 10.5. The summed E-state index contributed by atoms with van der Waals surface area (Å²) in [5, 5.41) is 2.58. The Morgan fingerprint density at radius 2 is 1.48 bits per heavy atom. The highest BCUT2D eigenvalue weighted by atomic mass is 32.2. The minimum Gasteiger partial charge on any atom is -0.496 e. The van der Waals surface area contributed by atoms with Gasteiger partial charge in [-0.2, -0.15) is 0 Å². The predicted molar refractivity (Wildman–Crippen MR) is 111 cm³/mol. The van der Waals surface area contributed by atoms with Crippen LogP contribution in [0.15, 0.2) is 41.3 Å². The van der Waals surface area contributed by atoms with Crippen molar-refractivity contribution in [1.82, 2.24) is 5.32 Å². The second-order valence-corrected chi connectivity index (χ2v) is 7.79. The van der Waals surface area contributed by atoms with Crippen LogP contribution in [0, 0.1) is 0 Å². The van der Waals surface area contributed by atoms with Crippen molar-refractivity contribution in [2.75, 3.05) is 32.6 Å². The highest BCUT2D eigenvalue weighted by Crippen LogP contribution is 2.25. The fraction of sp³-hybridized carbons (Fsp3) is 0.250. The van der Waals surface area contributed by atoms with E-state index >= 15 is 0 Å². The Hall–Kier alpha value is -3.60. The molecule has 2 N–H and O–H groups in total. The molecule has 2 aromatic carbocycles. The monoisotopic (exact) mass is 450 g/mol. The normalized spacial score (nSPS) is 10.7. The Balaban J connectivity index is 2.50. The maximum Gasteiger partial charge on any atom is 0.337 e. The van der Waals surface area contributed by atoms with Crippen LogP contribution in [0.4, 0.5) is 5.69 Å². The number of hydrogen-bond donors (Lipinski definition) is 2. The predicted octanol–water partition coefficient (Wildman–Crippen LogP) is 1.82. The molecule has 0 saturated heterocycles. The quantitative estimate of drug-likeness (QED) is 0.581. The summed E-state index contributed by atoms with van der Waals surface area (Å²) in [7, 11) is -0.539. The number of sulfonamides is 1. The van der Waals surface area contributed by atoms with Crippen LogP contribution >= 0.6 is 0 Å². The lowest BCUT2D eigenvalue weighted by Gasteiger charge is -2.13. The van der Waals surface area contributed by atoms with E-state index in [4.69, 9.17) is 4.74 Å². The molecule has 2 rings (SSSR count). The number of methoxy groups -OCH3 is 3. The maximum absolute atomic E-state index is 12.9. The highest BCUT2D eigenvalue weighted by molar-refractivity contribution is 7.92. The number of benzene rings is 2. The van der Waals surface area contributed by atoms with Gasteiger partial charge in [-0.1, -0.05) is 0 Å². The molecule has 0 bridgehead atoms. The van der Waals surface area contributed by atoms with E-state index in [9.17, 15) is 22.8 Å². The lowest BCUT2D eigenvalue weighted by molar-refractivity contribution is 0.0599. The second kappa shape index (κ2) is 9.94. The van der Waals surface area contributed by atoms with E-state index in [1.165, 1.54) is 37.4 Å². The molecule has 0 fully saturated rings. The number of amides is 1. The van der Waals surface area contributed by atoms with E-state index in [0.717, 1.165) is 20.3 Å². The molecule has 0 aliphatic heterocycles. The fourth-order valence-electron chi connectivity index (χ4n) is 2.66. The molecule has 0 aliphatic carbocycles. The lowest BCUT2D eigenvalue weighted by atomic mass is 10.1. The van der Waals surface area contributed by atoms with Crippen molar-refractivity contribution in [3.05, 3.63) is 53.1 Å². The number of hydrogen-bond acceptors (Lipinski definition) is 8. The molecule has 0 aliphatic rings. The van der Waals surface area contributed by atoms with Gasteiger partial charge in [0.1, 0.15) is 5.75 Å². The topological polar surface area (TPSA) is 137 Å². The molecule has 2 aromatic rings. The van der Waals surface area contributed by atoms with Crippen molar-refractivity contribution in [2.24, 2.45) is 0 Å². The van der Waals surface area contributed by atoms with Crippen LogP contribution in [-0.4, -0.2) is 54.1 Å². The average molecular weight is 450 g/mol. The Morgan fingerprint density at radius 3 is 1.97 bits per heavy atom. The zero-order chi connectivity index (χ0) is 23.2. The third-order valence-electron chi connectivity index (χ3n) is 4.09. The van der Waals surface area contributed by atoms with Gasteiger partial charge in [-0.05, 0) is 43.3 Å². The first-order chi connectivity index (χ1) is 14.7. The summed E-state index contributed by atoms with van der Waals surface area (Å²) in [6, 6.07) is 7.42. The average Bonchev–Trinajstić information content (AvgIpc) is 2.76. The summed E-state index contributed by atoms with van der Waals surface area (Å²) in [4.78, 5) is 35.8. The van der Waals surface area contributed by atoms with Gasteiger partial charge in [0.15, 0.2) is 0 Å². The third-order valence-corrected chi connectivity index (χ3v) is 5.47. The Morgan fingerprint density at radius 1 is 0.903 bits per heavy atom. The Bertz CT molecular complexity index is 1080. The number of ether oxygens (including phenoxy) is 3. The molecular weight excluding hydrogens is 428 g/mol. The molecule has 11 heteroatoms. The smallest absolute Gasteiger partial charge is 0.337 e. The summed E-state index contributed by atoms with van der Waals surface area (Å²) < 4.78 is 42.5. The largest absolute Gasteiger partial charge is 0.496 e. The lowest BCUT2D eigenvalue weighted by Crippen LogP contribution is -2.24. The van der Waals surface area contributed by atoms with E-state index in [2.05, 4.69) is 19.5 Å². The van der Waals surface area contributed by atoms with Crippen LogP contribution in [0.2, 0.25) is 0 Å². The zero-order valence-corrected chi connectivity index (χ0v) is 18.2. The van der Waals surface area contributed by atoms with Gasteiger partial charge in [0.05, 0.1) is 48.6 Å². The summed E-state index contributed by atoms with van der Waals surface area (Å²) in [6.45, 7) is 2.06. The Labute approximate surface area is 179 Å². The van der Waals surface area contributed by atoms with Crippen molar-refractivity contribution in [1.29, 1.82) is 0 Å². The summed E-state index contributed by atoms with van der Waals surface area (Å²) in [5.41, 5.74) is -0.147. The summed E-state index contributed by atoms with van der Waals surface area (Å²) in [6.07, 6.45) is 0. The van der Waals surface area contributed by atoms with Gasteiger partial charge >= 0.3 is 11.9 Å². The van der Waals surface area contributed by atoms with Crippen LogP contribution in [-0.2, 0) is 19.5 Å². The van der Waals surface area contributed by atoms with Crippen LogP contribution in [0.5, 0.6) is 5.75 Å². The summed E-state index contributed by atoms with van der Waals surface area (Å²) in [5.74, 6) is -1.84. The number of anilines is 1. The molecule has 0 spiro atoms. The van der Waals surface area contributed by atoms with Crippen molar-refractivity contribution < 1.29 is 37.0 Å². The SMILES string of the molecule is CCNC(=O)c1cc(S(=O)(=O)Nc2cc(C(=O)OC)cc(C(=O)OC)c2)ccc1OC. The van der Waals surface area contributed by atoms with E-state index in [0.29, 0.717) is 6.54 Å². The Kier molecular flexibility index (Phi) is 7.59. The first-order valence-electron chi connectivity index (χ1n) is 8.97. The van der Waals surface area contributed by atoms with Crippen LogP contribution in [0.25, 0.3) is 0 Å². The molecule has 166 valence electrons. The minimum atomic E-state index is -4.20. The second-order valence-electron chi connectivity index (χ2n) is 6.11. The number of carbonyl (C=O) groups is 3. The van der Waals surface area contributed by atoms with Gasteiger partial charge in [0, 0.05) is 6.54 Å². The number of esters is 2. The molecule has 0 aromatic heterocycles. The summed E-state index contributed by atoms with van der Waals surface area (Å²) >= 11 is 0. The standard InChI is InChI=1S/C20H22N2O8S/c1-5-21-18(23)16-11-15(6-7-17(16)28-2)31(26,27)22-14-9-12(19(24)29-3)8-13(10-14)20(25)30-4/h6-11,22H,5H2,1-4H3,(H,21,23). The first kappa shape index (κ1) is 23.7. The van der Waals surface area contributed by atoms with Crippen molar-refractivity contribution >= 4 is 33.6 Å². The molecule has 0 saturated carbocycles. The number of nitrogens with one attached hydrogen (secondary N) is 2. The van der Waals surface area contributed by atoms with Crippen LogP contribution in [0.1, 0.15) is 38.0 Å². The molecule has 1 amide bonds. The van der Waals surface area contributed by atoms with E-state index in [-0.39, 0.29) is 33.0 Å². The van der Waals surface area contributed by atoms with Gasteiger partial charge in [0.25, 0.3) is 15.9 Å². The molecular formula is C20H22N2O8S. The molecule has 0 atom stereocenters. The zero-order valence-electron chi connectivity index (χ0n) is 17.3. The van der Waals surface area contributed by atoms with Gasteiger partial charge < -0.3 is 19.5 Å². The van der Waals surface area contributed by atoms with Gasteiger partial charge in [-0.15, -0.1) is 0 Å².